The lowest BCUT2D eigenvalue weighted by molar-refractivity contribution is -0.0228. The number of phenolic OH excluding ortho intramolecular Hbond substituents is 4. The van der Waals surface area contributed by atoms with Gasteiger partial charge in [-0.05, 0) is 29.3 Å². The van der Waals surface area contributed by atoms with Crippen LogP contribution in [-0.2, 0) is 6.42 Å². The molecule has 0 amide bonds. The van der Waals surface area contributed by atoms with Crippen LogP contribution in [0.3, 0.4) is 0 Å². The lowest BCUT2D eigenvalue weighted by atomic mass is 9.80. The number of phenols is 4. The van der Waals surface area contributed by atoms with Crippen LogP contribution in [0.4, 0.5) is 0 Å². The summed E-state index contributed by atoms with van der Waals surface area (Å²) in [5.74, 6) is -1.54. The second kappa shape index (κ2) is 6.30. The van der Waals surface area contributed by atoms with E-state index in [0.29, 0.717) is 16.7 Å². The summed E-state index contributed by atoms with van der Waals surface area (Å²) < 4.78 is 5.46. The van der Waals surface area contributed by atoms with Gasteiger partial charge in [0.2, 0.25) is 5.75 Å². The summed E-state index contributed by atoms with van der Waals surface area (Å²) in [6.45, 7) is -0.0577. The molecule has 0 radical (unpaired) electrons. The molecule has 1 aliphatic heterocycles. The van der Waals surface area contributed by atoms with Gasteiger partial charge in [0.15, 0.2) is 23.0 Å². The van der Waals surface area contributed by atoms with Gasteiger partial charge in [-0.2, -0.15) is 0 Å². The number of ether oxygens (including phenoxy) is 1. The maximum absolute atomic E-state index is 10.9. The molecule has 0 fully saturated rings. The molecule has 0 bridgehead atoms. The van der Waals surface area contributed by atoms with Crippen LogP contribution in [0.1, 0.15) is 22.6 Å². The highest BCUT2D eigenvalue weighted by atomic mass is 16.5. The van der Waals surface area contributed by atoms with Crippen LogP contribution in [0.5, 0.6) is 28.7 Å². The monoisotopic (exact) mass is 356 g/mol. The number of hydrogen-bond acceptors (Lipinski definition) is 6. The maximum Gasteiger partial charge on any atom is 0.200 e. The molecule has 1 heterocycles. The fraction of sp³-hybridized carbons (Fsp3) is 0.250. The first-order valence-corrected chi connectivity index (χ1v) is 6.85. The predicted octanol–water partition coefficient (Wildman–Crippen LogP) is -1.15. The van der Waals surface area contributed by atoms with Crippen molar-refractivity contribution in [3.63, 3.8) is 0 Å². The molecule has 2 aromatic rings. The van der Waals surface area contributed by atoms with Gasteiger partial charge in [0.25, 0.3) is 0 Å². The van der Waals surface area contributed by atoms with Gasteiger partial charge >= 0.3 is 0 Å². The molecular formula is C16H20O9. The molecule has 11 N–H and O–H groups in total. The molecule has 0 spiro atoms. The molecule has 9 heteroatoms. The summed E-state index contributed by atoms with van der Waals surface area (Å²) in [4.78, 5) is 0. The van der Waals surface area contributed by atoms with Crippen LogP contribution in [0, 0.1) is 0 Å². The fourth-order valence-corrected chi connectivity index (χ4v) is 3.52. The number of fused-ring (bicyclic) bond motifs is 5. The maximum atomic E-state index is 10.9. The zero-order chi connectivity index (χ0) is 15.6. The highest BCUT2D eigenvalue weighted by molar-refractivity contribution is 5.63. The first-order chi connectivity index (χ1) is 10.4. The smallest absolute Gasteiger partial charge is 0.200 e. The Bertz CT molecular complexity index is 805. The fourth-order valence-electron chi connectivity index (χ4n) is 3.52. The van der Waals surface area contributed by atoms with Crippen LogP contribution >= 0.6 is 0 Å². The molecule has 4 rings (SSSR count). The van der Waals surface area contributed by atoms with E-state index in [-0.39, 0.29) is 58.2 Å². The SMILES string of the molecule is O.O.O.Oc1cc2c(cc1O)[C@H]1c3ccc(O)c(O)c3OC[C@@]1(O)C2. The van der Waals surface area contributed by atoms with Crippen molar-refractivity contribution in [3.05, 3.63) is 41.0 Å². The van der Waals surface area contributed by atoms with Crippen molar-refractivity contribution in [3.8, 4) is 28.7 Å². The molecule has 2 aliphatic rings. The van der Waals surface area contributed by atoms with Gasteiger partial charge in [0, 0.05) is 17.9 Å². The van der Waals surface area contributed by atoms with E-state index in [9.17, 15) is 25.5 Å². The Morgan fingerprint density at radius 3 is 2.20 bits per heavy atom. The zero-order valence-electron chi connectivity index (χ0n) is 12.9. The average molecular weight is 356 g/mol. The highest BCUT2D eigenvalue weighted by Gasteiger charge is 2.51. The van der Waals surface area contributed by atoms with Gasteiger partial charge in [-0.15, -0.1) is 0 Å². The van der Waals surface area contributed by atoms with Gasteiger partial charge in [0.1, 0.15) is 12.2 Å². The second-order valence-corrected chi connectivity index (χ2v) is 5.89. The minimum Gasteiger partial charge on any atom is -0.504 e. The molecule has 0 aromatic heterocycles. The van der Waals surface area contributed by atoms with E-state index in [1.54, 1.807) is 6.07 Å². The Balaban J connectivity index is 0.00000104. The van der Waals surface area contributed by atoms with Gasteiger partial charge < -0.3 is 46.7 Å². The van der Waals surface area contributed by atoms with Crippen LogP contribution in [-0.4, -0.2) is 54.2 Å². The lowest BCUT2D eigenvalue weighted by Gasteiger charge is -2.36. The van der Waals surface area contributed by atoms with E-state index in [2.05, 4.69) is 0 Å². The minimum absolute atomic E-state index is 0. The van der Waals surface area contributed by atoms with Crippen molar-refractivity contribution in [2.24, 2.45) is 0 Å². The molecule has 0 unspecified atom stereocenters. The number of aromatic hydroxyl groups is 4. The van der Waals surface area contributed by atoms with Gasteiger partial charge in [-0.3, -0.25) is 0 Å². The highest BCUT2D eigenvalue weighted by Crippen LogP contribution is 2.55. The quantitative estimate of drug-likeness (QED) is 0.368. The topological polar surface area (TPSA) is 205 Å². The Morgan fingerprint density at radius 1 is 0.880 bits per heavy atom. The molecule has 25 heavy (non-hydrogen) atoms. The molecule has 1 aliphatic carbocycles. The van der Waals surface area contributed by atoms with Crippen LogP contribution in [0.15, 0.2) is 24.3 Å². The van der Waals surface area contributed by atoms with E-state index in [1.807, 2.05) is 0 Å². The molecule has 0 saturated carbocycles. The van der Waals surface area contributed by atoms with E-state index in [1.165, 1.54) is 18.2 Å². The van der Waals surface area contributed by atoms with Crippen LogP contribution in [0.25, 0.3) is 0 Å². The zero-order valence-corrected chi connectivity index (χ0v) is 12.9. The molecule has 0 saturated heterocycles. The van der Waals surface area contributed by atoms with Crippen molar-refractivity contribution in [1.29, 1.82) is 0 Å². The van der Waals surface area contributed by atoms with Gasteiger partial charge in [0.05, 0.1) is 0 Å². The second-order valence-electron chi connectivity index (χ2n) is 5.89. The van der Waals surface area contributed by atoms with Crippen molar-refractivity contribution in [1.82, 2.24) is 0 Å². The first kappa shape index (κ1) is 20.3. The summed E-state index contributed by atoms with van der Waals surface area (Å²) in [6, 6.07) is 5.77. The molecule has 2 aromatic carbocycles. The van der Waals surface area contributed by atoms with Crippen LogP contribution < -0.4 is 4.74 Å². The van der Waals surface area contributed by atoms with Gasteiger partial charge in [-0.25, -0.2) is 0 Å². The van der Waals surface area contributed by atoms with Crippen molar-refractivity contribution in [2.75, 3.05) is 6.61 Å². The third-order valence-corrected chi connectivity index (χ3v) is 4.50. The number of benzene rings is 2. The van der Waals surface area contributed by atoms with Crippen molar-refractivity contribution in [2.45, 2.75) is 17.9 Å². The molecule has 2 atom stereocenters. The molecule has 138 valence electrons. The van der Waals surface area contributed by atoms with E-state index >= 15 is 0 Å². The summed E-state index contributed by atoms with van der Waals surface area (Å²) >= 11 is 0. The molecular weight excluding hydrogens is 336 g/mol. The Kier molecular flexibility index (Phi) is 5.12. The number of hydrogen-bond donors (Lipinski definition) is 5. The number of rotatable bonds is 0. The van der Waals surface area contributed by atoms with E-state index in [4.69, 9.17) is 4.74 Å². The normalized spacial score (nSPS) is 22.0. The Morgan fingerprint density at radius 2 is 1.52 bits per heavy atom. The molecule has 9 nitrogen and oxygen atoms in total. The summed E-state index contributed by atoms with van der Waals surface area (Å²) in [5.41, 5.74) is 0.700. The average Bonchev–Trinajstić information content (AvgIpc) is 2.75. The van der Waals surface area contributed by atoms with Crippen molar-refractivity contribution >= 4 is 0 Å². The summed E-state index contributed by atoms with van der Waals surface area (Å²) in [7, 11) is 0. The van der Waals surface area contributed by atoms with E-state index in [0.717, 1.165) is 0 Å². The number of aliphatic hydroxyl groups is 1. The van der Waals surface area contributed by atoms with Crippen molar-refractivity contribution < 1.29 is 46.7 Å². The Labute approximate surface area is 141 Å². The largest absolute Gasteiger partial charge is 0.504 e. The first-order valence-electron chi connectivity index (χ1n) is 6.85. The Hall–Kier alpha value is -2.72. The third-order valence-electron chi connectivity index (χ3n) is 4.50. The summed E-state index contributed by atoms with van der Waals surface area (Å²) in [5, 5.41) is 49.8. The standard InChI is InChI=1S/C16H14O6.3H2O/c17-10-2-1-8-13-9-4-12(19)11(18)3-7(9)5-16(13,21)6-22-15(8)14(10)20;;;/h1-4,13,17-21H,5-6H2;3*1H2/t13-,16+;;;/m1.../s1. The lowest BCUT2D eigenvalue weighted by Crippen LogP contribution is -2.43. The van der Waals surface area contributed by atoms with Crippen LogP contribution in [0.2, 0.25) is 0 Å². The predicted molar refractivity (Wildman–Crippen MR) is 86.4 cm³/mol. The van der Waals surface area contributed by atoms with Gasteiger partial charge in [-0.1, -0.05) is 6.07 Å². The minimum atomic E-state index is -1.22. The summed E-state index contributed by atoms with van der Waals surface area (Å²) in [6.07, 6.45) is 0.266. The van der Waals surface area contributed by atoms with E-state index < -0.39 is 11.5 Å². The third kappa shape index (κ3) is 2.59.